The van der Waals surface area contributed by atoms with Crippen molar-refractivity contribution in [3.63, 3.8) is 0 Å². The Morgan fingerprint density at radius 3 is 2.39 bits per heavy atom. The molecule has 1 aromatic carbocycles. The third-order valence-corrected chi connectivity index (χ3v) is 4.92. The first-order valence-electron chi connectivity index (χ1n) is 9.71. The van der Waals surface area contributed by atoms with E-state index in [0.717, 1.165) is 5.56 Å². The summed E-state index contributed by atoms with van der Waals surface area (Å²) >= 11 is 0. The highest BCUT2D eigenvalue weighted by molar-refractivity contribution is 5.79. The van der Waals surface area contributed by atoms with Gasteiger partial charge in [-0.2, -0.15) is 0 Å². The van der Waals surface area contributed by atoms with Crippen molar-refractivity contribution in [3.8, 4) is 5.75 Å². The van der Waals surface area contributed by atoms with Gasteiger partial charge in [0.2, 0.25) is 0 Å². The monoisotopic (exact) mass is 392 g/mol. The summed E-state index contributed by atoms with van der Waals surface area (Å²) < 4.78 is 17.2. The van der Waals surface area contributed by atoms with Gasteiger partial charge in [0, 0.05) is 11.5 Å². The van der Waals surface area contributed by atoms with Gasteiger partial charge in [0.25, 0.3) is 0 Å². The molecule has 28 heavy (non-hydrogen) atoms. The standard InChI is InChI=1S/C22H32O6/c1-12(2)11-14-17(21(25)28-22(4,5)6)19(27-18(14)20(23)24)16-13(3)9-8-10-15(16)26-7/h8-10,12,14,17-19H,11H2,1-7H3,(H,23,24)/t14-,17?,18-,19?/m1/s1. The molecule has 0 amide bonds. The van der Waals surface area contributed by atoms with Gasteiger partial charge < -0.3 is 19.3 Å². The minimum atomic E-state index is -1.07. The number of hydrogen-bond acceptors (Lipinski definition) is 5. The van der Waals surface area contributed by atoms with E-state index in [0.29, 0.717) is 17.7 Å². The van der Waals surface area contributed by atoms with E-state index < -0.39 is 41.6 Å². The van der Waals surface area contributed by atoms with Crippen LogP contribution in [-0.2, 0) is 19.1 Å². The number of aliphatic carboxylic acids is 1. The number of carbonyl (C=O) groups is 2. The number of benzene rings is 1. The zero-order valence-electron chi connectivity index (χ0n) is 17.8. The van der Waals surface area contributed by atoms with Crippen LogP contribution in [0.25, 0.3) is 0 Å². The number of ether oxygens (including phenoxy) is 3. The number of carbonyl (C=O) groups excluding carboxylic acids is 1. The fourth-order valence-corrected chi connectivity index (χ4v) is 3.92. The molecule has 0 radical (unpaired) electrons. The van der Waals surface area contributed by atoms with Crippen molar-refractivity contribution < 1.29 is 28.9 Å². The first-order chi connectivity index (χ1) is 13.0. The second-order valence-corrected chi connectivity index (χ2v) is 8.86. The Kier molecular flexibility index (Phi) is 6.75. The highest BCUT2D eigenvalue weighted by atomic mass is 16.6. The summed E-state index contributed by atoms with van der Waals surface area (Å²) in [5.74, 6) is -1.92. The molecule has 0 saturated carbocycles. The summed E-state index contributed by atoms with van der Waals surface area (Å²) in [7, 11) is 1.55. The Morgan fingerprint density at radius 2 is 1.89 bits per heavy atom. The summed E-state index contributed by atoms with van der Waals surface area (Å²) in [6.07, 6.45) is -1.27. The van der Waals surface area contributed by atoms with Gasteiger partial charge in [0.05, 0.1) is 13.0 Å². The number of esters is 1. The number of carboxylic acid groups (broad SMARTS) is 1. The summed E-state index contributed by atoms with van der Waals surface area (Å²) in [6, 6.07) is 5.55. The Bertz CT molecular complexity index is 718. The average Bonchev–Trinajstić information content (AvgIpc) is 2.91. The molecular formula is C22H32O6. The normalized spacial score (nSPS) is 25.0. The van der Waals surface area contributed by atoms with E-state index in [-0.39, 0.29) is 5.92 Å². The van der Waals surface area contributed by atoms with Crippen LogP contribution >= 0.6 is 0 Å². The maximum atomic E-state index is 13.2. The lowest BCUT2D eigenvalue weighted by molar-refractivity contribution is -0.163. The molecule has 1 aliphatic heterocycles. The molecule has 6 heteroatoms. The third kappa shape index (κ3) is 4.85. The van der Waals surface area contributed by atoms with E-state index in [1.54, 1.807) is 33.9 Å². The Labute approximate surface area is 167 Å². The fraction of sp³-hybridized carbons (Fsp3) is 0.636. The molecule has 0 aliphatic carbocycles. The van der Waals surface area contributed by atoms with Crippen LogP contribution in [-0.4, -0.2) is 35.9 Å². The maximum Gasteiger partial charge on any atom is 0.333 e. The van der Waals surface area contributed by atoms with Crippen molar-refractivity contribution >= 4 is 11.9 Å². The number of methoxy groups -OCH3 is 1. The second kappa shape index (κ2) is 8.52. The summed E-state index contributed by atoms with van der Waals surface area (Å²) in [4.78, 5) is 25.1. The van der Waals surface area contributed by atoms with Crippen molar-refractivity contribution in [2.24, 2.45) is 17.8 Å². The van der Waals surface area contributed by atoms with Crippen molar-refractivity contribution in [1.82, 2.24) is 0 Å². The van der Waals surface area contributed by atoms with E-state index in [2.05, 4.69) is 0 Å². The minimum Gasteiger partial charge on any atom is -0.496 e. The van der Waals surface area contributed by atoms with Crippen molar-refractivity contribution in [3.05, 3.63) is 29.3 Å². The van der Waals surface area contributed by atoms with Crippen molar-refractivity contribution in [1.29, 1.82) is 0 Å². The van der Waals surface area contributed by atoms with Gasteiger partial charge in [-0.15, -0.1) is 0 Å². The largest absolute Gasteiger partial charge is 0.496 e. The smallest absolute Gasteiger partial charge is 0.333 e. The first kappa shape index (κ1) is 22.2. The summed E-state index contributed by atoms with van der Waals surface area (Å²) in [5, 5.41) is 9.78. The zero-order valence-corrected chi connectivity index (χ0v) is 17.8. The number of rotatable bonds is 6. The van der Waals surface area contributed by atoms with Crippen LogP contribution in [0.5, 0.6) is 5.75 Å². The third-order valence-electron chi connectivity index (χ3n) is 4.92. The molecule has 1 fully saturated rings. The predicted octanol–water partition coefficient (Wildman–Crippen LogP) is 4.15. The molecule has 1 saturated heterocycles. The molecule has 1 aromatic rings. The SMILES string of the molecule is COc1cccc(C)c1C1O[C@@H](C(=O)O)[C@H](CC(C)C)C1C(=O)OC(C)(C)C. The lowest BCUT2D eigenvalue weighted by atomic mass is 9.79. The van der Waals surface area contributed by atoms with E-state index in [9.17, 15) is 14.7 Å². The van der Waals surface area contributed by atoms with Gasteiger partial charge in [-0.25, -0.2) is 4.79 Å². The molecule has 2 unspecified atom stereocenters. The van der Waals surface area contributed by atoms with Gasteiger partial charge in [-0.3, -0.25) is 4.79 Å². The van der Waals surface area contributed by atoms with Gasteiger partial charge in [-0.1, -0.05) is 26.0 Å². The molecule has 1 heterocycles. The van der Waals surface area contributed by atoms with Crippen LogP contribution in [0.15, 0.2) is 18.2 Å². The quantitative estimate of drug-likeness (QED) is 0.733. The molecule has 6 nitrogen and oxygen atoms in total. The molecule has 0 spiro atoms. The molecular weight excluding hydrogens is 360 g/mol. The Hall–Kier alpha value is -2.08. The minimum absolute atomic E-state index is 0.206. The van der Waals surface area contributed by atoms with E-state index >= 15 is 0 Å². The van der Waals surface area contributed by atoms with Gasteiger partial charge in [-0.05, 0) is 51.7 Å². The lowest BCUT2D eigenvalue weighted by Crippen LogP contribution is -2.36. The first-order valence-corrected chi connectivity index (χ1v) is 9.71. The average molecular weight is 392 g/mol. The van der Waals surface area contributed by atoms with Gasteiger partial charge >= 0.3 is 11.9 Å². The van der Waals surface area contributed by atoms with Crippen LogP contribution < -0.4 is 4.74 Å². The lowest BCUT2D eigenvalue weighted by Gasteiger charge is -2.28. The Morgan fingerprint density at radius 1 is 1.25 bits per heavy atom. The molecule has 1 N–H and O–H groups in total. The molecule has 156 valence electrons. The van der Waals surface area contributed by atoms with Gasteiger partial charge in [0.1, 0.15) is 17.5 Å². The van der Waals surface area contributed by atoms with Gasteiger partial charge in [0.15, 0.2) is 6.10 Å². The molecule has 4 atom stereocenters. The molecule has 0 aromatic heterocycles. The van der Waals surface area contributed by atoms with Crippen molar-refractivity contribution in [2.75, 3.05) is 7.11 Å². The van der Waals surface area contributed by atoms with Crippen LogP contribution in [0.1, 0.15) is 58.3 Å². The predicted molar refractivity (Wildman–Crippen MR) is 105 cm³/mol. The van der Waals surface area contributed by atoms with E-state index in [4.69, 9.17) is 14.2 Å². The fourth-order valence-electron chi connectivity index (χ4n) is 3.92. The molecule has 2 rings (SSSR count). The number of hydrogen-bond donors (Lipinski definition) is 1. The topological polar surface area (TPSA) is 82.1 Å². The highest BCUT2D eigenvalue weighted by Gasteiger charge is 2.53. The molecule has 0 bridgehead atoms. The summed E-state index contributed by atoms with van der Waals surface area (Å²) in [5.41, 5.74) is 0.909. The Balaban J connectivity index is 2.58. The highest BCUT2D eigenvalue weighted by Crippen LogP contribution is 2.49. The van der Waals surface area contributed by atoms with E-state index in [1.165, 1.54) is 0 Å². The van der Waals surface area contributed by atoms with E-state index in [1.807, 2.05) is 32.9 Å². The number of carboxylic acids is 1. The zero-order chi connectivity index (χ0) is 21.2. The second-order valence-electron chi connectivity index (χ2n) is 8.86. The van der Waals surface area contributed by atoms with Crippen LogP contribution in [0.3, 0.4) is 0 Å². The van der Waals surface area contributed by atoms with Crippen LogP contribution in [0.2, 0.25) is 0 Å². The number of aryl methyl sites for hydroxylation is 1. The molecule has 1 aliphatic rings. The van der Waals surface area contributed by atoms with Crippen LogP contribution in [0, 0.1) is 24.7 Å². The maximum absolute atomic E-state index is 13.2. The van der Waals surface area contributed by atoms with Crippen LogP contribution in [0.4, 0.5) is 0 Å². The summed E-state index contributed by atoms with van der Waals surface area (Å²) in [6.45, 7) is 11.3. The van der Waals surface area contributed by atoms with Crippen molar-refractivity contribution in [2.45, 2.75) is 65.8 Å².